The van der Waals surface area contributed by atoms with Crippen molar-refractivity contribution < 1.29 is 4.39 Å². The second kappa shape index (κ2) is 3.43. The number of rotatable bonds is 1. The van der Waals surface area contributed by atoms with Crippen molar-refractivity contribution >= 4 is 5.95 Å². The molecule has 1 aromatic rings. The molecule has 2 heterocycles. The lowest BCUT2D eigenvalue weighted by Crippen LogP contribution is -2.22. The van der Waals surface area contributed by atoms with Gasteiger partial charge in [-0.2, -0.15) is 0 Å². The Bertz CT molecular complexity index is 339. The Morgan fingerprint density at radius 1 is 1.13 bits per heavy atom. The zero-order chi connectivity index (χ0) is 10.3. The molecule has 0 aromatic carbocycles. The third-order valence-electron chi connectivity index (χ3n) is 3.62. The van der Waals surface area contributed by atoms with Gasteiger partial charge in [-0.15, -0.1) is 0 Å². The monoisotopic (exact) mass is 207 g/mol. The summed E-state index contributed by atoms with van der Waals surface area (Å²) in [5.41, 5.74) is 0. The van der Waals surface area contributed by atoms with Gasteiger partial charge in [0.15, 0.2) is 5.82 Å². The van der Waals surface area contributed by atoms with Crippen LogP contribution in [0.4, 0.5) is 10.3 Å². The fourth-order valence-electron chi connectivity index (χ4n) is 2.87. The quantitative estimate of drug-likeness (QED) is 0.703. The molecule has 1 aliphatic carbocycles. The van der Waals surface area contributed by atoms with E-state index in [1.54, 1.807) is 0 Å². The summed E-state index contributed by atoms with van der Waals surface area (Å²) >= 11 is 0. The third-order valence-corrected chi connectivity index (χ3v) is 3.62. The van der Waals surface area contributed by atoms with E-state index in [0.29, 0.717) is 5.95 Å². The van der Waals surface area contributed by atoms with Gasteiger partial charge in [-0.05, 0) is 24.7 Å². The van der Waals surface area contributed by atoms with E-state index in [2.05, 4.69) is 14.9 Å². The van der Waals surface area contributed by atoms with Crippen molar-refractivity contribution in [2.75, 3.05) is 18.0 Å². The lowest BCUT2D eigenvalue weighted by Gasteiger charge is -2.16. The minimum atomic E-state index is -0.363. The van der Waals surface area contributed by atoms with Crippen LogP contribution >= 0.6 is 0 Å². The summed E-state index contributed by atoms with van der Waals surface area (Å²) in [7, 11) is 0. The first kappa shape index (κ1) is 9.07. The summed E-state index contributed by atoms with van der Waals surface area (Å²) < 4.78 is 12.7. The van der Waals surface area contributed by atoms with Gasteiger partial charge < -0.3 is 4.90 Å². The van der Waals surface area contributed by atoms with Crippen molar-refractivity contribution in [3.63, 3.8) is 0 Å². The number of aromatic nitrogens is 2. The molecule has 0 amide bonds. The lowest BCUT2D eigenvalue weighted by molar-refractivity contribution is 0.494. The van der Waals surface area contributed by atoms with Crippen LogP contribution in [0.2, 0.25) is 0 Å². The molecule has 3 rings (SSSR count). The lowest BCUT2D eigenvalue weighted by atomic mass is 10.0. The largest absolute Gasteiger partial charge is 0.340 e. The Hall–Kier alpha value is -1.19. The van der Waals surface area contributed by atoms with Gasteiger partial charge in [0.25, 0.3) is 0 Å². The summed E-state index contributed by atoms with van der Waals surface area (Å²) in [4.78, 5) is 10.2. The van der Waals surface area contributed by atoms with E-state index in [9.17, 15) is 4.39 Å². The summed E-state index contributed by atoms with van der Waals surface area (Å²) in [6.07, 6.45) is 6.53. The molecule has 4 heteroatoms. The maximum Gasteiger partial charge on any atom is 0.225 e. The summed E-state index contributed by atoms with van der Waals surface area (Å²) in [6.45, 7) is 2.10. The van der Waals surface area contributed by atoms with Crippen molar-refractivity contribution in [1.29, 1.82) is 0 Å². The minimum Gasteiger partial charge on any atom is -0.340 e. The first-order valence-electron chi connectivity index (χ1n) is 5.55. The molecular weight excluding hydrogens is 193 g/mol. The van der Waals surface area contributed by atoms with E-state index in [1.165, 1.54) is 31.7 Å². The Morgan fingerprint density at radius 3 is 2.33 bits per heavy atom. The van der Waals surface area contributed by atoms with Crippen LogP contribution in [0.15, 0.2) is 12.4 Å². The topological polar surface area (TPSA) is 29.0 Å². The predicted molar refractivity (Wildman–Crippen MR) is 55.0 cm³/mol. The molecular formula is C11H14FN3. The van der Waals surface area contributed by atoms with E-state index < -0.39 is 0 Å². The van der Waals surface area contributed by atoms with Crippen LogP contribution in [0.5, 0.6) is 0 Å². The van der Waals surface area contributed by atoms with Gasteiger partial charge in [0.2, 0.25) is 5.95 Å². The number of fused-ring (bicyclic) bond motifs is 1. The van der Waals surface area contributed by atoms with Crippen molar-refractivity contribution in [2.24, 2.45) is 11.8 Å². The van der Waals surface area contributed by atoms with Crippen molar-refractivity contribution in [3.8, 4) is 0 Å². The van der Waals surface area contributed by atoms with E-state index in [1.807, 2.05) is 0 Å². The zero-order valence-corrected chi connectivity index (χ0v) is 8.56. The highest BCUT2D eigenvalue weighted by Crippen LogP contribution is 2.38. The molecule has 2 fully saturated rings. The summed E-state index contributed by atoms with van der Waals surface area (Å²) in [5, 5.41) is 0. The van der Waals surface area contributed by atoms with E-state index in [4.69, 9.17) is 0 Å². The highest BCUT2D eigenvalue weighted by molar-refractivity contribution is 5.31. The van der Waals surface area contributed by atoms with Crippen LogP contribution in [0.1, 0.15) is 19.3 Å². The molecule has 1 aliphatic heterocycles. The molecule has 0 unspecified atom stereocenters. The predicted octanol–water partition coefficient (Wildman–Crippen LogP) is 1.85. The third kappa shape index (κ3) is 1.58. The second-order valence-electron chi connectivity index (χ2n) is 4.56. The van der Waals surface area contributed by atoms with Gasteiger partial charge in [0.05, 0.1) is 12.4 Å². The minimum absolute atomic E-state index is 0.363. The van der Waals surface area contributed by atoms with Crippen LogP contribution in [0.25, 0.3) is 0 Å². The number of nitrogens with zero attached hydrogens (tertiary/aromatic N) is 3. The fraction of sp³-hybridized carbons (Fsp3) is 0.636. The van der Waals surface area contributed by atoms with Gasteiger partial charge in [0, 0.05) is 13.1 Å². The number of halogens is 1. The van der Waals surface area contributed by atoms with Gasteiger partial charge in [-0.3, -0.25) is 0 Å². The zero-order valence-electron chi connectivity index (χ0n) is 8.56. The standard InChI is InChI=1S/C11H14FN3/c12-10-4-13-11(14-5-10)15-6-8-2-1-3-9(8)7-15/h4-5,8-9H,1-3,6-7H2/t8-,9-/m0/s1. The van der Waals surface area contributed by atoms with Gasteiger partial charge in [-0.1, -0.05) is 6.42 Å². The highest BCUT2D eigenvalue weighted by Gasteiger charge is 2.36. The molecule has 2 aliphatic rings. The Balaban J connectivity index is 1.76. The molecule has 1 saturated heterocycles. The molecule has 2 atom stereocenters. The van der Waals surface area contributed by atoms with Crippen LogP contribution in [0.3, 0.4) is 0 Å². The average molecular weight is 207 g/mol. The second-order valence-corrected chi connectivity index (χ2v) is 4.56. The van der Waals surface area contributed by atoms with E-state index in [0.717, 1.165) is 24.9 Å². The van der Waals surface area contributed by atoms with Crippen molar-refractivity contribution in [3.05, 3.63) is 18.2 Å². The molecule has 3 nitrogen and oxygen atoms in total. The van der Waals surface area contributed by atoms with Gasteiger partial charge in [-0.25, -0.2) is 14.4 Å². The molecule has 0 radical (unpaired) electrons. The average Bonchev–Trinajstić information content (AvgIpc) is 2.78. The molecule has 15 heavy (non-hydrogen) atoms. The van der Waals surface area contributed by atoms with Crippen LogP contribution in [0, 0.1) is 17.7 Å². The van der Waals surface area contributed by atoms with Gasteiger partial charge >= 0.3 is 0 Å². The number of hydrogen-bond donors (Lipinski definition) is 0. The van der Waals surface area contributed by atoms with Crippen LogP contribution < -0.4 is 4.90 Å². The van der Waals surface area contributed by atoms with Crippen LogP contribution in [-0.4, -0.2) is 23.1 Å². The maximum atomic E-state index is 12.7. The van der Waals surface area contributed by atoms with E-state index in [-0.39, 0.29) is 5.82 Å². The smallest absolute Gasteiger partial charge is 0.225 e. The maximum absolute atomic E-state index is 12.7. The highest BCUT2D eigenvalue weighted by atomic mass is 19.1. The SMILES string of the molecule is Fc1cnc(N2C[C@@H]3CCC[C@H]3C2)nc1. The Kier molecular flexibility index (Phi) is 2.08. The molecule has 0 N–H and O–H groups in total. The van der Waals surface area contributed by atoms with Crippen molar-refractivity contribution in [2.45, 2.75) is 19.3 Å². The fourth-order valence-corrected chi connectivity index (χ4v) is 2.87. The Morgan fingerprint density at radius 2 is 1.73 bits per heavy atom. The first-order valence-corrected chi connectivity index (χ1v) is 5.55. The van der Waals surface area contributed by atoms with E-state index >= 15 is 0 Å². The first-order chi connectivity index (χ1) is 7.33. The molecule has 1 aromatic heterocycles. The molecule has 0 spiro atoms. The van der Waals surface area contributed by atoms with Crippen LogP contribution in [-0.2, 0) is 0 Å². The van der Waals surface area contributed by atoms with Crippen molar-refractivity contribution in [1.82, 2.24) is 9.97 Å². The molecule has 0 bridgehead atoms. The summed E-state index contributed by atoms with van der Waals surface area (Å²) in [5.74, 6) is 1.96. The molecule has 80 valence electrons. The Labute approximate surface area is 88.3 Å². The molecule has 1 saturated carbocycles. The number of anilines is 1. The summed E-state index contributed by atoms with van der Waals surface area (Å²) in [6, 6.07) is 0. The normalized spacial score (nSPS) is 29.5. The number of hydrogen-bond acceptors (Lipinski definition) is 3. The van der Waals surface area contributed by atoms with Gasteiger partial charge in [0.1, 0.15) is 0 Å².